The number of nitrogens with one attached hydrogen (secondary N) is 1. The van der Waals surface area contributed by atoms with E-state index < -0.39 is 0 Å². The highest BCUT2D eigenvalue weighted by Gasteiger charge is 2.03. The lowest BCUT2D eigenvalue weighted by molar-refractivity contribution is 0.0958. The maximum Gasteiger partial charge on any atom is 0.252 e. The summed E-state index contributed by atoms with van der Waals surface area (Å²) in [4.78, 5) is 16.2. The molecule has 0 unspecified atom stereocenters. The summed E-state index contributed by atoms with van der Waals surface area (Å²) in [6, 6.07) is 16.8. The molecule has 0 saturated carbocycles. The van der Waals surface area contributed by atoms with Crippen LogP contribution < -0.4 is 10.1 Å². The lowest BCUT2D eigenvalue weighted by atomic mass is 10.2. The van der Waals surface area contributed by atoms with Crippen LogP contribution in [0.3, 0.4) is 0 Å². The molecule has 0 fully saturated rings. The zero-order chi connectivity index (χ0) is 17.5. The first-order valence-electron chi connectivity index (χ1n) is 7.69. The van der Waals surface area contributed by atoms with Gasteiger partial charge in [0.25, 0.3) is 5.91 Å². The van der Waals surface area contributed by atoms with Crippen molar-refractivity contribution in [2.75, 3.05) is 13.2 Å². The monoisotopic (exact) mass is 394 g/mol. The largest absolute Gasteiger partial charge is 0.481 e. The highest BCUT2D eigenvalue weighted by Crippen LogP contribution is 2.18. The molecule has 124 valence electrons. The number of aromatic nitrogens is 1. The predicted octanol–water partition coefficient (Wildman–Crippen LogP) is 3.81. The Labute approximate surface area is 154 Å². The molecule has 0 aliphatic rings. The van der Waals surface area contributed by atoms with E-state index in [-0.39, 0.29) is 19.1 Å². The number of nitrogens with zero attached hydrogens (tertiary/aromatic N) is 1. The van der Waals surface area contributed by atoms with E-state index in [0.717, 1.165) is 21.1 Å². The van der Waals surface area contributed by atoms with Crippen LogP contribution in [0.15, 0.2) is 65.3 Å². The number of halogens is 1. The van der Waals surface area contributed by atoms with Gasteiger partial charge in [-0.25, -0.2) is 0 Å². The SMILES string of the molecule is O=C(NCC#CCOc1ccc2cccnc2c1)c1cccc(Br)c1. The van der Waals surface area contributed by atoms with Crippen molar-refractivity contribution in [1.82, 2.24) is 10.3 Å². The van der Waals surface area contributed by atoms with Crippen molar-refractivity contribution < 1.29 is 9.53 Å². The number of carbonyl (C=O) groups is 1. The van der Waals surface area contributed by atoms with Gasteiger partial charge in [0.15, 0.2) is 0 Å². The minimum absolute atomic E-state index is 0.155. The van der Waals surface area contributed by atoms with Gasteiger partial charge in [0.05, 0.1) is 12.1 Å². The summed E-state index contributed by atoms with van der Waals surface area (Å²) in [5.74, 6) is 6.32. The summed E-state index contributed by atoms with van der Waals surface area (Å²) in [5.41, 5.74) is 1.48. The van der Waals surface area contributed by atoms with Gasteiger partial charge in [0, 0.05) is 27.7 Å². The van der Waals surface area contributed by atoms with Gasteiger partial charge in [-0.15, -0.1) is 0 Å². The van der Waals surface area contributed by atoms with E-state index in [9.17, 15) is 4.79 Å². The number of ether oxygens (including phenoxy) is 1. The summed E-state index contributed by atoms with van der Waals surface area (Å²) >= 11 is 3.34. The Hall–Kier alpha value is -2.84. The molecule has 25 heavy (non-hydrogen) atoms. The third-order valence-electron chi connectivity index (χ3n) is 3.44. The summed E-state index contributed by atoms with van der Waals surface area (Å²) in [5, 5.41) is 3.82. The molecule has 1 N–H and O–H groups in total. The molecule has 2 aromatic carbocycles. The van der Waals surface area contributed by atoms with Crippen LogP contribution in [0.2, 0.25) is 0 Å². The minimum atomic E-state index is -0.155. The summed E-state index contributed by atoms with van der Waals surface area (Å²) in [6.45, 7) is 0.527. The summed E-state index contributed by atoms with van der Waals surface area (Å²) in [7, 11) is 0. The Bertz CT molecular complexity index is 960. The Morgan fingerprint density at radius 1 is 1.12 bits per heavy atom. The van der Waals surface area contributed by atoms with Gasteiger partial charge in [-0.3, -0.25) is 9.78 Å². The lowest BCUT2D eigenvalue weighted by Gasteiger charge is -2.03. The van der Waals surface area contributed by atoms with Crippen LogP contribution in [0.1, 0.15) is 10.4 Å². The van der Waals surface area contributed by atoms with Crippen molar-refractivity contribution in [3.05, 3.63) is 70.8 Å². The first-order valence-corrected chi connectivity index (χ1v) is 8.49. The Morgan fingerprint density at radius 3 is 2.92 bits per heavy atom. The summed E-state index contributed by atoms with van der Waals surface area (Å²) < 4.78 is 6.45. The van der Waals surface area contributed by atoms with Crippen LogP contribution in [0.4, 0.5) is 0 Å². The number of carbonyl (C=O) groups excluding carboxylic acids is 1. The van der Waals surface area contributed by atoms with Gasteiger partial charge in [0.1, 0.15) is 12.4 Å². The smallest absolute Gasteiger partial charge is 0.252 e. The third-order valence-corrected chi connectivity index (χ3v) is 3.93. The average molecular weight is 395 g/mol. The number of rotatable bonds is 4. The van der Waals surface area contributed by atoms with E-state index in [1.165, 1.54) is 0 Å². The fourth-order valence-corrected chi connectivity index (χ4v) is 2.62. The van der Waals surface area contributed by atoms with Crippen LogP contribution in [0.5, 0.6) is 5.75 Å². The van der Waals surface area contributed by atoms with Gasteiger partial charge in [0.2, 0.25) is 0 Å². The van der Waals surface area contributed by atoms with E-state index in [0.29, 0.717) is 5.56 Å². The molecule has 0 aliphatic heterocycles. The molecule has 0 atom stereocenters. The second-order valence-corrected chi connectivity index (χ2v) is 6.11. The number of pyridine rings is 1. The molecule has 1 heterocycles. The number of amides is 1. The molecular weight excluding hydrogens is 380 g/mol. The second-order valence-electron chi connectivity index (χ2n) is 5.19. The number of benzene rings is 2. The zero-order valence-corrected chi connectivity index (χ0v) is 14.9. The minimum Gasteiger partial charge on any atom is -0.481 e. The van der Waals surface area contributed by atoms with Gasteiger partial charge in [-0.1, -0.05) is 39.9 Å². The quantitative estimate of drug-likeness (QED) is 0.684. The number of fused-ring (bicyclic) bond motifs is 1. The Kier molecular flexibility index (Phi) is 5.65. The van der Waals surface area contributed by atoms with Gasteiger partial charge >= 0.3 is 0 Å². The molecule has 0 saturated heterocycles. The van der Waals surface area contributed by atoms with Crippen molar-refractivity contribution in [1.29, 1.82) is 0 Å². The maximum absolute atomic E-state index is 11.9. The van der Waals surface area contributed by atoms with Crippen LogP contribution in [0, 0.1) is 11.8 Å². The van der Waals surface area contributed by atoms with Crippen LogP contribution in [0.25, 0.3) is 10.9 Å². The lowest BCUT2D eigenvalue weighted by Crippen LogP contribution is -2.23. The highest BCUT2D eigenvalue weighted by molar-refractivity contribution is 9.10. The van der Waals surface area contributed by atoms with E-state index in [2.05, 4.69) is 38.1 Å². The molecule has 3 aromatic rings. The average Bonchev–Trinajstić information content (AvgIpc) is 2.64. The van der Waals surface area contributed by atoms with E-state index in [1.807, 2.05) is 42.5 Å². The first kappa shape index (κ1) is 17.0. The second kappa shape index (κ2) is 8.32. The Balaban J connectivity index is 1.47. The third kappa shape index (κ3) is 4.82. The number of hydrogen-bond donors (Lipinski definition) is 1. The molecular formula is C20H15BrN2O2. The number of hydrogen-bond acceptors (Lipinski definition) is 3. The normalized spacial score (nSPS) is 9.96. The van der Waals surface area contributed by atoms with Gasteiger partial charge in [-0.05, 0) is 36.4 Å². The molecule has 1 amide bonds. The fourth-order valence-electron chi connectivity index (χ4n) is 2.23. The first-order chi connectivity index (χ1) is 12.2. The topological polar surface area (TPSA) is 51.2 Å². The van der Waals surface area contributed by atoms with Crippen molar-refractivity contribution in [2.45, 2.75) is 0 Å². The van der Waals surface area contributed by atoms with Crippen LogP contribution in [-0.2, 0) is 0 Å². The Morgan fingerprint density at radius 2 is 2.04 bits per heavy atom. The zero-order valence-electron chi connectivity index (χ0n) is 13.3. The molecule has 1 aromatic heterocycles. The van der Waals surface area contributed by atoms with Crippen molar-refractivity contribution >= 4 is 32.7 Å². The highest BCUT2D eigenvalue weighted by atomic mass is 79.9. The van der Waals surface area contributed by atoms with Gasteiger partial charge in [-0.2, -0.15) is 0 Å². The van der Waals surface area contributed by atoms with E-state index in [1.54, 1.807) is 18.3 Å². The summed E-state index contributed by atoms with van der Waals surface area (Å²) in [6.07, 6.45) is 1.75. The molecule has 3 rings (SSSR count). The fraction of sp³-hybridized carbons (Fsp3) is 0.100. The molecule has 0 radical (unpaired) electrons. The van der Waals surface area contributed by atoms with Crippen LogP contribution in [-0.4, -0.2) is 24.0 Å². The van der Waals surface area contributed by atoms with E-state index >= 15 is 0 Å². The molecule has 5 heteroatoms. The molecule has 4 nitrogen and oxygen atoms in total. The van der Waals surface area contributed by atoms with Crippen LogP contribution >= 0.6 is 15.9 Å². The molecule has 0 spiro atoms. The van der Waals surface area contributed by atoms with E-state index in [4.69, 9.17) is 4.74 Å². The standard InChI is InChI=1S/C20H15BrN2O2/c21-17-7-3-5-16(13-17)20(24)23-10-1-2-12-25-18-9-8-15-6-4-11-22-19(15)14-18/h3-9,11,13-14H,10,12H2,(H,23,24). The predicted molar refractivity (Wildman–Crippen MR) is 101 cm³/mol. The van der Waals surface area contributed by atoms with Crippen molar-refractivity contribution in [3.8, 4) is 17.6 Å². The molecule has 0 bridgehead atoms. The van der Waals surface area contributed by atoms with Crippen molar-refractivity contribution in [2.24, 2.45) is 0 Å². The maximum atomic E-state index is 11.9. The van der Waals surface area contributed by atoms with Gasteiger partial charge < -0.3 is 10.1 Å². The molecule has 0 aliphatic carbocycles. The van der Waals surface area contributed by atoms with Crippen molar-refractivity contribution in [3.63, 3.8) is 0 Å².